The van der Waals surface area contributed by atoms with E-state index >= 15 is 0 Å². The molecule has 0 saturated heterocycles. The molecule has 3 nitrogen and oxygen atoms in total. The molecule has 0 fully saturated rings. The number of carbonyl (C=O) groups is 1. The number of benzene rings is 2. The fourth-order valence-electron chi connectivity index (χ4n) is 3.57. The smallest absolute Gasteiger partial charge is 0.315 e. The quantitative estimate of drug-likeness (QED) is 0.431. The van der Waals surface area contributed by atoms with Crippen molar-refractivity contribution in [2.45, 2.75) is 25.7 Å². The van der Waals surface area contributed by atoms with E-state index in [4.69, 9.17) is 4.74 Å². The van der Waals surface area contributed by atoms with Crippen LogP contribution in [-0.4, -0.2) is 5.97 Å². The first kappa shape index (κ1) is 17.1. The molecule has 0 unspecified atom stereocenters. The Morgan fingerprint density at radius 1 is 1.19 bits per heavy atom. The highest BCUT2D eigenvalue weighted by atomic mass is 16.5. The van der Waals surface area contributed by atoms with Crippen molar-refractivity contribution in [3.05, 3.63) is 89.0 Å². The highest BCUT2D eigenvalue weighted by molar-refractivity contribution is 5.91. The number of rotatable bonds is 5. The molecule has 0 N–H and O–H groups in total. The van der Waals surface area contributed by atoms with E-state index < -0.39 is 0 Å². The van der Waals surface area contributed by atoms with Crippen LogP contribution in [0.4, 0.5) is 0 Å². The van der Waals surface area contributed by atoms with Crippen molar-refractivity contribution >= 4 is 17.1 Å². The number of nitriles is 1. The van der Waals surface area contributed by atoms with Gasteiger partial charge in [0.1, 0.15) is 5.75 Å². The molecule has 0 saturated carbocycles. The molecule has 1 heterocycles. The van der Waals surface area contributed by atoms with Crippen molar-refractivity contribution < 1.29 is 9.53 Å². The number of aryl methyl sites for hydroxylation is 1. The number of nitrogens with zero attached hydrogens (tertiary/aromatic N) is 1. The maximum absolute atomic E-state index is 11.4. The van der Waals surface area contributed by atoms with Gasteiger partial charge in [0, 0.05) is 5.56 Å². The third kappa shape index (κ3) is 3.35. The van der Waals surface area contributed by atoms with E-state index in [1.165, 1.54) is 5.57 Å². The monoisotopic (exact) mass is 353 g/mol. The Morgan fingerprint density at radius 2 is 2.04 bits per heavy atom. The molecule has 0 radical (unpaired) electrons. The van der Waals surface area contributed by atoms with Gasteiger partial charge < -0.3 is 4.74 Å². The Bertz CT molecular complexity index is 1050. The first-order valence-corrected chi connectivity index (χ1v) is 9.07. The molecule has 0 spiro atoms. The summed E-state index contributed by atoms with van der Waals surface area (Å²) in [6.07, 6.45) is 9.07. The van der Waals surface area contributed by atoms with Gasteiger partial charge in [-0.15, -0.1) is 6.58 Å². The molecule has 0 amide bonds. The lowest BCUT2D eigenvalue weighted by molar-refractivity contribution is -0.131. The summed E-state index contributed by atoms with van der Waals surface area (Å²) in [6.45, 7) is 3.75. The number of hydrogen-bond acceptors (Lipinski definition) is 3. The largest absolute Gasteiger partial charge is 0.426 e. The molecule has 2 aliphatic rings. The molecule has 1 aliphatic carbocycles. The molecule has 3 heteroatoms. The van der Waals surface area contributed by atoms with E-state index in [1.54, 1.807) is 0 Å². The number of hydrogen-bond donors (Lipinski definition) is 0. The second-order valence-electron chi connectivity index (χ2n) is 6.82. The van der Waals surface area contributed by atoms with Crippen molar-refractivity contribution in [2.75, 3.05) is 0 Å². The molecule has 27 heavy (non-hydrogen) atoms. The second-order valence-corrected chi connectivity index (χ2v) is 6.82. The SMILES string of the molecule is C=CCCc1ccc(C2=CC(c3ccc4c(c3)OC(=O)C4)=CC2)cc1C#N. The molecule has 0 aromatic heterocycles. The van der Waals surface area contributed by atoms with E-state index in [0.29, 0.717) is 12.2 Å². The number of carbonyl (C=O) groups excluding carboxylic acids is 1. The standard InChI is InChI=1S/C24H19NO2/c1-2-3-4-16-5-6-19(12-22(16)15-25)17-7-8-18(11-17)20-9-10-21-14-24(26)27-23(21)13-20/h2,5-6,8-13H,1,3-4,7,14H2. The average molecular weight is 353 g/mol. The van der Waals surface area contributed by atoms with E-state index in [1.807, 2.05) is 36.4 Å². The summed E-state index contributed by atoms with van der Waals surface area (Å²) in [5.74, 6) is 0.470. The van der Waals surface area contributed by atoms with Gasteiger partial charge in [-0.3, -0.25) is 4.79 Å². The first-order valence-electron chi connectivity index (χ1n) is 9.07. The second kappa shape index (κ2) is 7.09. The lowest BCUT2D eigenvalue weighted by atomic mass is 9.96. The lowest BCUT2D eigenvalue weighted by Gasteiger charge is -2.07. The van der Waals surface area contributed by atoms with Crippen molar-refractivity contribution in [3.63, 3.8) is 0 Å². The van der Waals surface area contributed by atoms with E-state index in [-0.39, 0.29) is 5.97 Å². The fourth-order valence-corrected chi connectivity index (χ4v) is 3.57. The molecule has 0 atom stereocenters. The van der Waals surface area contributed by atoms with Crippen molar-refractivity contribution in [3.8, 4) is 11.8 Å². The van der Waals surface area contributed by atoms with Gasteiger partial charge in [0.15, 0.2) is 0 Å². The van der Waals surface area contributed by atoms with Crippen molar-refractivity contribution in [1.82, 2.24) is 0 Å². The summed E-state index contributed by atoms with van der Waals surface area (Å²) in [5.41, 5.74) is 7.16. The van der Waals surface area contributed by atoms with Crippen LogP contribution < -0.4 is 4.74 Å². The predicted octanol–water partition coefficient (Wildman–Crippen LogP) is 5.01. The van der Waals surface area contributed by atoms with Crippen LogP contribution in [0.1, 0.15) is 40.7 Å². The molecule has 0 bridgehead atoms. The maximum atomic E-state index is 11.4. The summed E-state index contributed by atoms with van der Waals surface area (Å²) in [6, 6.07) is 14.4. The lowest BCUT2D eigenvalue weighted by Crippen LogP contribution is -2.00. The summed E-state index contributed by atoms with van der Waals surface area (Å²) < 4.78 is 5.26. The molecule has 4 rings (SSSR count). The molecule has 1 aliphatic heterocycles. The van der Waals surface area contributed by atoms with Gasteiger partial charge in [0.25, 0.3) is 0 Å². The zero-order valence-corrected chi connectivity index (χ0v) is 15.0. The number of esters is 1. The zero-order chi connectivity index (χ0) is 18.8. The van der Waals surface area contributed by atoms with Crippen molar-refractivity contribution in [1.29, 1.82) is 5.26 Å². The van der Waals surface area contributed by atoms with Crippen LogP contribution in [0.15, 0.2) is 61.2 Å². The third-order valence-electron chi connectivity index (χ3n) is 5.05. The van der Waals surface area contributed by atoms with Crippen LogP contribution in [0.5, 0.6) is 5.75 Å². The summed E-state index contributed by atoms with van der Waals surface area (Å²) in [4.78, 5) is 11.4. The van der Waals surface area contributed by atoms with E-state index in [9.17, 15) is 10.1 Å². The number of fused-ring (bicyclic) bond motifs is 1. The molecule has 2 aromatic rings. The van der Waals surface area contributed by atoms with Gasteiger partial charge in [0.05, 0.1) is 18.1 Å². The number of ether oxygens (including phenoxy) is 1. The van der Waals surface area contributed by atoms with Gasteiger partial charge in [-0.1, -0.05) is 42.5 Å². The Balaban J connectivity index is 1.59. The zero-order valence-electron chi connectivity index (χ0n) is 15.0. The van der Waals surface area contributed by atoms with Gasteiger partial charge in [-0.25, -0.2) is 0 Å². The normalized spacial score (nSPS) is 14.9. The van der Waals surface area contributed by atoms with Crippen LogP contribution in [0, 0.1) is 11.3 Å². The minimum Gasteiger partial charge on any atom is -0.426 e. The fraction of sp³-hybridized carbons (Fsp3) is 0.167. The van der Waals surface area contributed by atoms with Crippen LogP contribution in [0.2, 0.25) is 0 Å². The van der Waals surface area contributed by atoms with Gasteiger partial charge in [0.2, 0.25) is 0 Å². The molecular weight excluding hydrogens is 334 g/mol. The van der Waals surface area contributed by atoms with Gasteiger partial charge in [-0.2, -0.15) is 5.26 Å². The van der Waals surface area contributed by atoms with Crippen LogP contribution in [-0.2, 0) is 17.6 Å². The minimum absolute atomic E-state index is 0.195. The first-order chi connectivity index (χ1) is 13.2. The summed E-state index contributed by atoms with van der Waals surface area (Å²) in [7, 11) is 0. The Hall–Kier alpha value is -3.38. The minimum atomic E-state index is -0.195. The van der Waals surface area contributed by atoms with Crippen LogP contribution in [0.25, 0.3) is 11.1 Å². The highest BCUT2D eigenvalue weighted by Crippen LogP contribution is 2.36. The Labute approximate surface area is 158 Å². The summed E-state index contributed by atoms with van der Waals surface area (Å²) >= 11 is 0. The maximum Gasteiger partial charge on any atom is 0.315 e. The van der Waals surface area contributed by atoms with E-state index in [0.717, 1.165) is 52.7 Å². The van der Waals surface area contributed by atoms with Crippen molar-refractivity contribution in [2.24, 2.45) is 0 Å². The Morgan fingerprint density at radius 3 is 2.85 bits per heavy atom. The predicted molar refractivity (Wildman–Crippen MR) is 106 cm³/mol. The summed E-state index contributed by atoms with van der Waals surface area (Å²) in [5, 5.41) is 9.48. The van der Waals surface area contributed by atoms with Crippen LogP contribution in [0.3, 0.4) is 0 Å². The number of allylic oxidation sites excluding steroid dienone is 5. The third-order valence-corrected chi connectivity index (χ3v) is 5.05. The molecular formula is C24H19NO2. The molecule has 132 valence electrons. The van der Waals surface area contributed by atoms with E-state index in [2.05, 4.69) is 30.9 Å². The molecule has 2 aromatic carbocycles. The Kier molecular flexibility index (Phi) is 4.48. The highest BCUT2D eigenvalue weighted by Gasteiger charge is 2.21. The van der Waals surface area contributed by atoms with Gasteiger partial charge in [-0.05, 0) is 59.2 Å². The topological polar surface area (TPSA) is 50.1 Å². The van der Waals surface area contributed by atoms with Gasteiger partial charge >= 0.3 is 5.97 Å². The average Bonchev–Trinajstić information content (AvgIpc) is 3.31. The van der Waals surface area contributed by atoms with Crippen LogP contribution >= 0.6 is 0 Å².